The number of aromatic nitrogens is 1. The molecule has 0 bridgehead atoms. The molecule has 0 fully saturated rings. The molecule has 0 saturated carbocycles. The number of aliphatic carboxylic acids is 1. The molecular formula is C31H40ClN5O5S2. The first-order chi connectivity index (χ1) is 21.0. The average molecular weight is 662 g/mol. The third-order valence-corrected chi connectivity index (χ3v) is 8.29. The van der Waals surface area contributed by atoms with Crippen molar-refractivity contribution in [3.8, 4) is 0 Å². The Morgan fingerprint density at radius 1 is 0.955 bits per heavy atom. The van der Waals surface area contributed by atoms with E-state index in [2.05, 4.69) is 41.2 Å². The second-order valence-corrected chi connectivity index (χ2v) is 11.5. The maximum Gasteiger partial charge on any atom is 0.321 e. The van der Waals surface area contributed by atoms with Gasteiger partial charge in [-0.1, -0.05) is 30.2 Å². The monoisotopic (exact) mass is 661 g/mol. The summed E-state index contributed by atoms with van der Waals surface area (Å²) in [4.78, 5) is 53.7. The lowest BCUT2D eigenvalue weighted by Gasteiger charge is -2.26. The van der Waals surface area contributed by atoms with E-state index in [0.29, 0.717) is 40.4 Å². The van der Waals surface area contributed by atoms with Crippen LogP contribution < -0.4 is 16.0 Å². The van der Waals surface area contributed by atoms with Crippen LogP contribution in [0.5, 0.6) is 0 Å². The molecule has 0 aliphatic carbocycles. The fourth-order valence-electron chi connectivity index (χ4n) is 4.92. The van der Waals surface area contributed by atoms with Crippen LogP contribution in [0.3, 0.4) is 0 Å². The van der Waals surface area contributed by atoms with Gasteiger partial charge in [-0.25, -0.2) is 0 Å². The van der Waals surface area contributed by atoms with Crippen LogP contribution in [0.1, 0.15) is 34.1 Å². The summed E-state index contributed by atoms with van der Waals surface area (Å²) < 4.78 is 1.60. The lowest BCUT2D eigenvalue weighted by atomic mass is 10.0. The Labute approximate surface area is 273 Å². The lowest BCUT2D eigenvalue weighted by Crippen LogP contribution is -2.53. The molecule has 0 aliphatic rings. The molecule has 0 aliphatic heterocycles. The summed E-state index contributed by atoms with van der Waals surface area (Å²) in [6.07, 6.45) is -0.0897. The van der Waals surface area contributed by atoms with E-state index < -0.39 is 29.9 Å². The molecule has 3 aromatic rings. The second kappa shape index (κ2) is 17.0. The fraction of sp³-hybridized carbons (Fsp3) is 0.419. The summed E-state index contributed by atoms with van der Waals surface area (Å²) in [5, 5.41) is 19.6. The van der Waals surface area contributed by atoms with Crippen LogP contribution in [0.15, 0.2) is 42.5 Å². The number of amides is 2. The summed E-state index contributed by atoms with van der Waals surface area (Å²) in [6.45, 7) is 7.47. The normalized spacial score (nSPS) is 12.7. The van der Waals surface area contributed by atoms with Gasteiger partial charge < -0.3 is 21.1 Å². The number of nitrogens with zero attached hydrogens (tertiary/aromatic N) is 2. The van der Waals surface area contributed by atoms with Crippen LogP contribution in [0.25, 0.3) is 10.9 Å². The minimum atomic E-state index is -1.01. The third-order valence-electron chi connectivity index (χ3n) is 7.31. The van der Waals surface area contributed by atoms with Gasteiger partial charge in [0.05, 0.1) is 18.0 Å². The van der Waals surface area contributed by atoms with Crippen LogP contribution >= 0.6 is 36.9 Å². The van der Waals surface area contributed by atoms with Crippen LogP contribution in [-0.2, 0) is 20.8 Å². The number of likely N-dealkylation sites (N-methyl/N-ethyl adjacent to an activating group) is 1. The Hall–Kier alpha value is -2.87. The van der Waals surface area contributed by atoms with Crippen molar-refractivity contribution in [1.82, 2.24) is 25.4 Å². The maximum absolute atomic E-state index is 13.9. The standard InChI is InChI=1S/C31H40ClN5O5S2/c1-4-33-13-14-36(30(40)25(17-43)34-11-12-35-26(18-44)31(41)42)28(38)16-23-20(3)37(27-10-5-19(2)15-24(23)27)29(39)21-6-8-22(32)9-7-21/h5-10,15,25-26,33-35,43-44H,4,11-14,16-18H2,1-3H3,(H,41,42)/t25-,26-/m0/s1. The number of carboxylic acid groups (broad SMARTS) is 1. The average Bonchev–Trinajstić information content (AvgIpc) is 3.26. The molecule has 0 unspecified atom stereocenters. The number of rotatable bonds is 16. The molecule has 2 aromatic carbocycles. The van der Waals surface area contributed by atoms with Crippen molar-refractivity contribution >= 4 is 71.5 Å². The molecule has 4 N–H and O–H groups in total. The van der Waals surface area contributed by atoms with Gasteiger partial charge in [-0.15, -0.1) is 0 Å². The van der Waals surface area contributed by atoms with Crippen molar-refractivity contribution in [2.24, 2.45) is 0 Å². The topological polar surface area (TPSA) is 133 Å². The molecule has 3 rings (SSSR count). The van der Waals surface area contributed by atoms with Crippen molar-refractivity contribution in [3.63, 3.8) is 0 Å². The summed E-state index contributed by atoms with van der Waals surface area (Å²) in [5.74, 6) is -1.83. The fourth-order valence-corrected chi connectivity index (χ4v) is 5.61. The van der Waals surface area contributed by atoms with Gasteiger partial charge in [0.15, 0.2) is 0 Å². The number of hydrogen-bond donors (Lipinski definition) is 6. The molecule has 0 saturated heterocycles. The Bertz CT molecular complexity index is 1480. The van der Waals surface area contributed by atoms with E-state index in [0.717, 1.165) is 10.9 Å². The quantitative estimate of drug-likeness (QED) is 0.102. The second-order valence-electron chi connectivity index (χ2n) is 10.4. The van der Waals surface area contributed by atoms with Gasteiger partial charge in [-0.05, 0) is 62.4 Å². The van der Waals surface area contributed by atoms with E-state index in [1.165, 1.54) is 4.90 Å². The van der Waals surface area contributed by atoms with Crippen molar-refractivity contribution in [2.75, 3.05) is 44.2 Å². The molecular weight excluding hydrogens is 622 g/mol. The Balaban J connectivity index is 1.89. The largest absolute Gasteiger partial charge is 0.480 e. The minimum Gasteiger partial charge on any atom is -0.480 e. The van der Waals surface area contributed by atoms with E-state index in [4.69, 9.17) is 11.6 Å². The molecule has 10 nitrogen and oxygen atoms in total. The Morgan fingerprint density at radius 2 is 1.59 bits per heavy atom. The summed E-state index contributed by atoms with van der Waals surface area (Å²) in [6, 6.07) is 10.8. The Kier molecular flexibility index (Phi) is 13.8. The van der Waals surface area contributed by atoms with E-state index in [1.54, 1.807) is 35.8 Å². The summed E-state index contributed by atoms with van der Waals surface area (Å²) >= 11 is 14.4. The molecule has 13 heteroatoms. The molecule has 44 heavy (non-hydrogen) atoms. The molecule has 1 aromatic heterocycles. The highest BCUT2D eigenvalue weighted by Gasteiger charge is 2.30. The predicted octanol–water partition coefficient (Wildman–Crippen LogP) is 2.97. The number of nitrogens with one attached hydrogen (secondary N) is 3. The maximum atomic E-state index is 13.9. The molecule has 2 amide bonds. The SMILES string of the molecule is CCNCCN(C(=O)Cc1c(C)n(C(=O)c2ccc(Cl)cc2)c2ccc(C)cc12)C(=O)[C@H](CS)NCCN[C@@H](CS)C(=O)O. The Morgan fingerprint density at radius 3 is 2.18 bits per heavy atom. The van der Waals surface area contributed by atoms with E-state index in [9.17, 15) is 24.3 Å². The van der Waals surface area contributed by atoms with Crippen molar-refractivity contribution in [3.05, 3.63) is 69.9 Å². The zero-order valence-corrected chi connectivity index (χ0v) is 27.6. The molecule has 0 radical (unpaired) electrons. The lowest BCUT2D eigenvalue weighted by molar-refractivity contribution is -0.145. The van der Waals surface area contributed by atoms with Crippen LogP contribution in [-0.4, -0.2) is 94.6 Å². The van der Waals surface area contributed by atoms with Gasteiger partial charge in [-0.3, -0.25) is 28.6 Å². The number of hydrogen-bond acceptors (Lipinski definition) is 9. The van der Waals surface area contributed by atoms with E-state index in [-0.39, 0.29) is 43.5 Å². The number of carbonyl (C=O) groups is 4. The van der Waals surface area contributed by atoms with Crippen LogP contribution in [0.4, 0.5) is 0 Å². The minimum absolute atomic E-state index is 0.0897. The molecule has 0 spiro atoms. The van der Waals surface area contributed by atoms with E-state index >= 15 is 0 Å². The number of imide groups is 1. The summed E-state index contributed by atoms with van der Waals surface area (Å²) in [7, 11) is 0. The number of thiol groups is 2. The first kappa shape index (κ1) is 35.6. The number of carbonyl (C=O) groups excluding carboxylic acids is 3. The highest BCUT2D eigenvalue weighted by atomic mass is 35.5. The first-order valence-corrected chi connectivity index (χ1v) is 16.0. The zero-order valence-electron chi connectivity index (χ0n) is 25.1. The van der Waals surface area contributed by atoms with Gasteiger partial charge in [0.2, 0.25) is 11.8 Å². The molecule has 238 valence electrons. The number of benzene rings is 2. The predicted molar refractivity (Wildman–Crippen MR) is 180 cm³/mol. The van der Waals surface area contributed by atoms with Crippen LogP contribution in [0, 0.1) is 13.8 Å². The summed E-state index contributed by atoms with van der Waals surface area (Å²) in [5.41, 5.74) is 3.38. The van der Waals surface area contributed by atoms with Gasteiger partial charge in [0.1, 0.15) is 6.04 Å². The van der Waals surface area contributed by atoms with Crippen molar-refractivity contribution in [1.29, 1.82) is 0 Å². The number of fused-ring (bicyclic) bond motifs is 1. The van der Waals surface area contributed by atoms with Gasteiger partial charge in [0.25, 0.3) is 5.91 Å². The van der Waals surface area contributed by atoms with Gasteiger partial charge in [0, 0.05) is 59.4 Å². The zero-order chi connectivity index (χ0) is 32.4. The van der Waals surface area contributed by atoms with Crippen molar-refractivity contribution < 1.29 is 24.3 Å². The molecule has 1 heterocycles. The highest BCUT2D eigenvalue weighted by molar-refractivity contribution is 7.80. The molecule has 2 atom stereocenters. The number of carboxylic acids is 1. The first-order valence-electron chi connectivity index (χ1n) is 14.4. The van der Waals surface area contributed by atoms with E-state index in [1.807, 2.05) is 32.0 Å². The van der Waals surface area contributed by atoms with Crippen LogP contribution in [0.2, 0.25) is 5.02 Å². The number of halogens is 1. The third kappa shape index (κ3) is 8.86. The smallest absolute Gasteiger partial charge is 0.321 e. The van der Waals surface area contributed by atoms with Crippen molar-refractivity contribution in [2.45, 2.75) is 39.3 Å². The number of aryl methyl sites for hydroxylation is 1. The highest BCUT2D eigenvalue weighted by Crippen LogP contribution is 2.29. The van der Waals surface area contributed by atoms with Gasteiger partial charge in [-0.2, -0.15) is 25.3 Å². The van der Waals surface area contributed by atoms with Gasteiger partial charge >= 0.3 is 5.97 Å².